The number of thioether (sulfide) groups is 1. The molecule has 6 nitrogen and oxygen atoms in total. The summed E-state index contributed by atoms with van der Waals surface area (Å²) >= 11 is 2.63. The van der Waals surface area contributed by atoms with E-state index in [-0.39, 0.29) is 17.5 Å². The van der Waals surface area contributed by atoms with Crippen LogP contribution in [0.5, 0.6) is 0 Å². The van der Waals surface area contributed by atoms with Crippen LogP contribution in [0.25, 0.3) is 11.4 Å². The highest BCUT2D eigenvalue weighted by Gasteiger charge is 2.18. The van der Waals surface area contributed by atoms with Gasteiger partial charge < -0.3 is 5.32 Å². The highest BCUT2D eigenvalue weighted by molar-refractivity contribution is 7.99. The van der Waals surface area contributed by atoms with E-state index in [9.17, 15) is 9.18 Å². The predicted octanol–water partition coefficient (Wildman–Crippen LogP) is 4.63. The Labute approximate surface area is 181 Å². The van der Waals surface area contributed by atoms with Crippen LogP contribution in [-0.4, -0.2) is 31.4 Å². The molecule has 0 aliphatic rings. The second-order valence-electron chi connectivity index (χ2n) is 6.49. The number of aryl methyl sites for hydroxylation is 1. The van der Waals surface area contributed by atoms with Gasteiger partial charge in [0.25, 0.3) is 0 Å². The van der Waals surface area contributed by atoms with Crippen LogP contribution in [0.2, 0.25) is 0 Å². The number of rotatable bonds is 7. The van der Waals surface area contributed by atoms with Crippen molar-refractivity contribution < 1.29 is 9.18 Å². The molecule has 0 fully saturated rings. The fraction of sp³-hybridized carbons (Fsp3) is 0.143. The lowest BCUT2D eigenvalue weighted by molar-refractivity contribution is -0.113. The van der Waals surface area contributed by atoms with Gasteiger partial charge in [-0.2, -0.15) is 0 Å². The van der Waals surface area contributed by atoms with Gasteiger partial charge in [-0.15, -0.1) is 21.5 Å². The molecule has 2 aromatic carbocycles. The second-order valence-corrected chi connectivity index (χ2v) is 8.29. The summed E-state index contributed by atoms with van der Waals surface area (Å²) in [6.07, 6.45) is 0. The molecule has 0 atom stereocenters. The van der Waals surface area contributed by atoms with Crippen LogP contribution >= 0.6 is 23.1 Å². The molecule has 152 valence electrons. The number of aromatic nitrogens is 4. The first-order valence-corrected chi connectivity index (χ1v) is 11.0. The van der Waals surface area contributed by atoms with Gasteiger partial charge >= 0.3 is 0 Å². The van der Waals surface area contributed by atoms with Crippen LogP contribution in [0.15, 0.2) is 65.1 Å². The lowest BCUT2D eigenvalue weighted by Gasteiger charge is -2.11. The molecule has 1 N–H and O–H groups in total. The minimum absolute atomic E-state index is 0.142. The van der Waals surface area contributed by atoms with Crippen molar-refractivity contribution in [2.75, 3.05) is 11.1 Å². The molecular formula is C21H18FN5OS2. The molecule has 0 saturated heterocycles. The zero-order chi connectivity index (χ0) is 20.9. The van der Waals surface area contributed by atoms with Gasteiger partial charge in [0.2, 0.25) is 5.91 Å². The third kappa shape index (κ3) is 4.74. The van der Waals surface area contributed by atoms with Gasteiger partial charge in [-0.1, -0.05) is 54.2 Å². The molecule has 0 saturated carbocycles. The van der Waals surface area contributed by atoms with Crippen molar-refractivity contribution in [3.05, 3.63) is 77.1 Å². The predicted molar refractivity (Wildman–Crippen MR) is 117 cm³/mol. The standard InChI is InChI=1S/C21H18FN5OS2/c1-14-12-29-20(23-14)24-18(28)13-30-21-26-25-19(16-9-5-6-10-17(16)22)27(21)11-15-7-3-2-4-8-15/h2-10,12H,11,13H2,1H3,(H,23,24,28). The number of nitrogens with one attached hydrogen (secondary N) is 1. The summed E-state index contributed by atoms with van der Waals surface area (Å²) in [6, 6.07) is 16.3. The number of halogens is 1. The molecule has 30 heavy (non-hydrogen) atoms. The first kappa shape index (κ1) is 20.2. The Morgan fingerprint density at radius 2 is 1.90 bits per heavy atom. The van der Waals surface area contributed by atoms with Crippen molar-refractivity contribution in [1.29, 1.82) is 0 Å². The van der Waals surface area contributed by atoms with Gasteiger partial charge in [-0.25, -0.2) is 9.37 Å². The monoisotopic (exact) mass is 439 g/mol. The quantitative estimate of drug-likeness (QED) is 0.425. The van der Waals surface area contributed by atoms with Crippen LogP contribution in [0.3, 0.4) is 0 Å². The van der Waals surface area contributed by atoms with Gasteiger partial charge in [0.1, 0.15) is 5.82 Å². The number of carbonyl (C=O) groups is 1. The highest BCUT2D eigenvalue weighted by Crippen LogP contribution is 2.27. The molecule has 0 aliphatic carbocycles. The lowest BCUT2D eigenvalue weighted by atomic mass is 10.2. The number of amides is 1. The maximum atomic E-state index is 14.4. The molecule has 0 bridgehead atoms. The summed E-state index contributed by atoms with van der Waals surface area (Å²) in [5.41, 5.74) is 2.26. The fourth-order valence-electron chi connectivity index (χ4n) is 2.84. The first-order chi connectivity index (χ1) is 14.6. The maximum Gasteiger partial charge on any atom is 0.236 e. The van der Waals surface area contributed by atoms with Gasteiger partial charge in [0.05, 0.1) is 23.6 Å². The molecular weight excluding hydrogens is 421 g/mol. The number of nitrogens with zero attached hydrogens (tertiary/aromatic N) is 4. The van der Waals surface area contributed by atoms with E-state index >= 15 is 0 Å². The Morgan fingerprint density at radius 1 is 1.13 bits per heavy atom. The summed E-state index contributed by atoms with van der Waals surface area (Å²) in [7, 11) is 0. The third-order valence-electron chi connectivity index (χ3n) is 4.21. The Balaban J connectivity index is 1.57. The van der Waals surface area contributed by atoms with Crippen molar-refractivity contribution in [2.45, 2.75) is 18.6 Å². The van der Waals surface area contributed by atoms with E-state index in [1.165, 1.54) is 29.2 Å². The van der Waals surface area contributed by atoms with Crippen molar-refractivity contribution >= 4 is 34.1 Å². The number of hydrogen-bond acceptors (Lipinski definition) is 6. The van der Waals surface area contributed by atoms with Crippen molar-refractivity contribution in [1.82, 2.24) is 19.7 Å². The Morgan fingerprint density at radius 3 is 2.63 bits per heavy atom. The molecule has 2 heterocycles. The van der Waals surface area contributed by atoms with E-state index in [4.69, 9.17) is 0 Å². The lowest BCUT2D eigenvalue weighted by Crippen LogP contribution is -2.14. The maximum absolute atomic E-state index is 14.4. The van der Waals surface area contributed by atoms with E-state index in [1.807, 2.05) is 47.2 Å². The normalized spacial score (nSPS) is 10.9. The Kier molecular flexibility index (Phi) is 6.20. The SMILES string of the molecule is Cc1csc(NC(=O)CSc2nnc(-c3ccccc3F)n2Cc2ccccc2)n1. The first-order valence-electron chi connectivity index (χ1n) is 9.17. The van der Waals surface area contributed by atoms with Gasteiger partial charge in [0, 0.05) is 5.38 Å². The minimum atomic E-state index is -0.368. The van der Waals surface area contributed by atoms with E-state index in [0.29, 0.717) is 28.2 Å². The largest absolute Gasteiger partial charge is 0.301 e. The van der Waals surface area contributed by atoms with Gasteiger partial charge in [0.15, 0.2) is 16.1 Å². The zero-order valence-electron chi connectivity index (χ0n) is 16.1. The number of hydrogen-bond donors (Lipinski definition) is 1. The van der Waals surface area contributed by atoms with Crippen LogP contribution in [0.4, 0.5) is 9.52 Å². The molecule has 1 amide bonds. The fourth-order valence-corrected chi connectivity index (χ4v) is 4.28. The summed E-state index contributed by atoms with van der Waals surface area (Å²) in [4.78, 5) is 16.5. The third-order valence-corrected chi connectivity index (χ3v) is 6.06. The molecule has 0 spiro atoms. The van der Waals surface area contributed by atoms with E-state index < -0.39 is 0 Å². The van der Waals surface area contributed by atoms with Crippen LogP contribution in [-0.2, 0) is 11.3 Å². The van der Waals surface area contributed by atoms with Crippen LogP contribution < -0.4 is 5.32 Å². The summed E-state index contributed by atoms with van der Waals surface area (Å²) in [5.74, 6) is 0.0159. The Bertz CT molecular complexity index is 1160. The molecule has 0 unspecified atom stereocenters. The molecule has 4 aromatic rings. The topological polar surface area (TPSA) is 72.7 Å². The van der Waals surface area contributed by atoms with Crippen LogP contribution in [0.1, 0.15) is 11.3 Å². The number of benzene rings is 2. The molecule has 9 heteroatoms. The summed E-state index contributed by atoms with van der Waals surface area (Å²) in [5, 5.41) is 14.2. The minimum Gasteiger partial charge on any atom is -0.301 e. The zero-order valence-corrected chi connectivity index (χ0v) is 17.7. The average Bonchev–Trinajstić information content (AvgIpc) is 3.33. The Hall–Kier alpha value is -3.04. The summed E-state index contributed by atoms with van der Waals surface area (Å²) in [6.45, 7) is 2.34. The smallest absolute Gasteiger partial charge is 0.236 e. The number of anilines is 1. The van der Waals surface area contributed by atoms with E-state index in [2.05, 4.69) is 20.5 Å². The number of thiazole rings is 1. The van der Waals surface area contributed by atoms with E-state index in [0.717, 1.165) is 11.3 Å². The van der Waals surface area contributed by atoms with Crippen LogP contribution in [0, 0.1) is 12.7 Å². The van der Waals surface area contributed by atoms with Crippen molar-refractivity contribution in [3.63, 3.8) is 0 Å². The molecule has 4 rings (SSSR count). The van der Waals surface area contributed by atoms with Crippen molar-refractivity contribution in [3.8, 4) is 11.4 Å². The summed E-state index contributed by atoms with van der Waals surface area (Å²) < 4.78 is 16.2. The second kappa shape index (κ2) is 9.19. The molecule has 2 aromatic heterocycles. The van der Waals surface area contributed by atoms with Crippen molar-refractivity contribution in [2.24, 2.45) is 0 Å². The van der Waals surface area contributed by atoms with E-state index in [1.54, 1.807) is 18.2 Å². The molecule has 0 radical (unpaired) electrons. The molecule has 0 aliphatic heterocycles. The number of carbonyl (C=O) groups excluding carboxylic acids is 1. The average molecular weight is 440 g/mol. The highest BCUT2D eigenvalue weighted by atomic mass is 32.2. The van der Waals surface area contributed by atoms with Gasteiger partial charge in [-0.3, -0.25) is 9.36 Å². The van der Waals surface area contributed by atoms with Gasteiger partial charge in [-0.05, 0) is 24.6 Å².